The predicted octanol–water partition coefficient (Wildman–Crippen LogP) is 4.36. The van der Waals surface area contributed by atoms with Crippen molar-refractivity contribution in [3.05, 3.63) is 60.2 Å². The van der Waals surface area contributed by atoms with Crippen molar-refractivity contribution in [3.8, 4) is 0 Å². The van der Waals surface area contributed by atoms with Gasteiger partial charge >= 0.3 is 0 Å². The molecule has 2 aliphatic rings. The molecule has 2 aromatic rings. The number of carbonyl (C=O) groups excluding carboxylic acids is 1. The fourth-order valence-corrected chi connectivity index (χ4v) is 7.08. The van der Waals surface area contributed by atoms with Crippen molar-refractivity contribution in [2.24, 2.45) is 16.7 Å². The van der Waals surface area contributed by atoms with Crippen LogP contribution in [0.4, 0.5) is 0 Å². The van der Waals surface area contributed by atoms with E-state index in [-0.39, 0.29) is 22.8 Å². The number of nitrogens with one attached hydrogen (secondary N) is 1. The summed E-state index contributed by atoms with van der Waals surface area (Å²) in [5.41, 5.74) is 1.36. The Morgan fingerprint density at radius 3 is 2.27 bits per heavy atom. The van der Waals surface area contributed by atoms with Gasteiger partial charge in [-0.2, -0.15) is 0 Å². The van der Waals surface area contributed by atoms with Crippen LogP contribution in [0.25, 0.3) is 0 Å². The van der Waals surface area contributed by atoms with Gasteiger partial charge in [0.15, 0.2) is 0 Å². The molecule has 2 saturated carbocycles. The summed E-state index contributed by atoms with van der Waals surface area (Å²) in [4.78, 5) is 24.7. The molecule has 0 aromatic carbocycles. The zero-order valence-electron chi connectivity index (χ0n) is 22.9. The Labute approximate surface area is 222 Å². The van der Waals surface area contributed by atoms with E-state index >= 15 is 0 Å². The first-order valence-electron chi connectivity index (χ1n) is 13.7. The van der Waals surface area contributed by atoms with Crippen molar-refractivity contribution in [1.82, 2.24) is 20.2 Å². The summed E-state index contributed by atoms with van der Waals surface area (Å²) >= 11 is 0. The Balaban J connectivity index is 1.68. The Morgan fingerprint density at radius 2 is 1.70 bits per heavy atom. The minimum atomic E-state index is -0.673. The molecular formula is C30H44N4O3. The zero-order valence-corrected chi connectivity index (χ0v) is 22.9. The third kappa shape index (κ3) is 6.57. The van der Waals surface area contributed by atoms with Crippen LogP contribution in [-0.2, 0) is 22.6 Å². The lowest BCUT2D eigenvalue weighted by Crippen LogP contribution is -2.52. The lowest BCUT2D eigenvalue weighted by atomic mass is 9.56. The Bertz CT molecular complexity index is 973. The van der Waals surface area contributed by atoms with Crippen LogP contribution in [0.2, 0.25) is 0 Å². The minimum absolute atomic E-state index is 0.0358. The highest BCUT2D eigenvalue weighted by Crippen LogP contribution is 2.65. The summed E-state index contributed by atoms with van der Waals surface area (Å²) in [7, 11) is 1.65. The first kappa shape index (κ1) is 27.7. The van der Waals surface area contributed by atoms with E-state index in [1.165, 1.54) is 0 Å². The summed E-state index contributed by atoms with van der Waals surface area (Å²) in [5.74, 6) is 0.391. The fraction of sp³-hybridized carbons (Fsp3) is 0.633. The number of methoxy groups -OCH3 is 1. The number of ether oxygens (including phenoxy) is 1. The van der Waals surface area contributed by atoms with E-state index in [4.69, 9.17) is 4.74 Å². The summed E-state index contributed by atoms with van der Waals surface area (Å²) < 4.78 is 5.11. The first-order valence-corrected chi connectivity index (χ1v) is 13.7. The van der Waals surface area contributed by atoms with Gasteiger partial charge in [-0.25, -0.2) is 0 Å². The van der Waals surface area contributed by atoms with Crippen molar-refractivity contribution >= 4 is 5.91 Å². The third-order valence-electron chi connectivity index (χ3n) is 8.86. The second kappa shape index (κ2) is 11.6. The molecular weight excluding hydrogens is 464 g/mol. The molecule has 2 aliphatic carbocycles. The molecule has 0 bridgehead atoms. The van der Waals surface area contributed by atoms with Crippen LogP contribution in [0.15, 0.2) is 48.8 Å². The van der Waals surface area contributed by atoms with Crippen LogP contribution in [0.5, 0.6) is 0 Å². The monoisotopic (exact) mass is 508 g/mol. The van der Waals surface area contributed by atoms with Gasteiger partial charge in [0, 0.05) is 51.6 Å². The number of hydrogen-bond acceptors (Lipinski definition) is 6. The number of pyridine rings is 2. The van der Waals surface area contributed by atoms with Crippen LogP contribution in [0, 0.1) is 16.7 Å². The Morgan fingerprint density at radius 1 is 1.05 bits per heavy atom. The largest absolute Gasteiger partial charge is 0.390 e. The lowest BCUT2D eigenvalue weighted by molar-refractivity contribution is -0.124. The molecule has 4 atom stereocenters. The summed E-state index contributed by atoms with van der Waals surface area (Å²) in [6, 6.07) is 12.4. The van der Waals surface area contributed by atoms with Gasteiger partial charge in [0.05, 0.1) is 23.6 Å². The van der Waals surface area contributed by atoms with Gasteiger partial charge < -0.3 is 15.2 Å². The number of carbonyl (C=O) groups is 1. The van der Waals surface area contributed by atoms with Crippen molar-refractivity contribution in [2.75, 3.05) is 20.3 Å². The van der Waals surface area contributed by atoms with Gasteiger partial charge in [0.2, 0.25) is 5.91 Å². The van der Waals surface area contributed by atoms with E-state index in [2.05, 4.69) is 46.2 Å². The Kier molecular flexibility index (Phi) is 8.66. The molecule has 0 unspecified atom stereocenters. The van der Waals surface area contributed by atoms with Crippen LogP contribution in [0.3, 0.4) is 0 Å². The van der Waals surface area contributed by atoms with E-state index in [0.717, 1.165) is 56.6 Å². The Hall–Kier alpha value is -2.35. The van der Waals surface area contributed by atoms with Crippen LogP contribution in [0.1, 0.15) is 70.7 Å². The molecule has 0 aliphatic heterocycles. The molecule has 0 spiro atoms. The number of nitrogens with zero attached hydrogens (tertiary/aromatic N) is 3. The van der Waals surface area contributed by atoms with Gasteiger partial charge in [0.25, 0.3) is 0 Å². The molecule has 2 aromatic heterocycles. The quantitative estimate of drug-likeness (QED) is 0.439. The second-order valence-corrected chi connectivity index (χ2v) is 12.1. The zero-order chi connectivity index (χ0) is 26.5. The van der Waals surface area contributed by atoms with Crippen molar-refractivity contribution in [2.45, 2.75) is 84.0 Å². The molecule has 1 amide bonds. The molecule has 0 saturated heterocycles. The minimum Gasteiger partial charge on any atom is -0.390 e. The fourth-order valence-electron chi connectivity index (χ4n) is 7.08. The number of aromatic nitrogens is 2. The summed E-state index contributed by atoms with van der Waals surface area (Å²) in [6.07, 6.45) is 8.44. The molecule has 2 heterocycles. The highest BCUT2D eigenvalue weighted by molar-refractivity contribution is 5.75. The third-order valence-corrected chi connectivity index (χ3v) is 8.86. The van der Waals surface area contributed by atoms with Gasteiger partial charge in [-0.15, -0.1) is 0 Å². The normalized spacial score (nSPS) is 28.7. The van der Waals surface area contributed by atoms with E-state index in [1.54, 1.807) is 7.11 Å². The van der Waals surface area contributed by atoms with Gasteiger partial charge in [0.1, 0.15) is 0 Å². The van der Waals surface area contributed by atoms with E-state index in [1.807, 2.05) is 43.6 Å². The topological polar surface area (TPSA) is 87.6 Å². The molecule has 2 N–H and O–H groups in total. The maximum Gasteiger partial charge on any atom is 0.220 e. The maximum atomic E-state index is 12.8. The van der Waals surface area contributed by atoms with E-state index in [9.17, 15) is 9.90 Å². The van der Waals surface area contributed by atoms with Gasteiger partial charge in [-0.1, -0.05) is 26.0 Å². The molecule has 4 rings (SSSR count). The maximum absolute atomic E-state index is 12.8. The smallest absolute Gasteiger partial charge is 0.220 e. The first-order chi connectivity index (χ1) is 17.7. The molecule has 0 radical (unpaired) electrons. The van der Waals surface area contributed by atoms with Gasteiger partial charge in [-0.05, 0) is 80.0 Å². The SMILES string of the molecule is COCCNC(=O)CC[C@@]12CC[C@@](C)(O)C[C@H]1C(C)(C)C[C@@H]2N(Cc1ccccn1)Cc1ccccn1. The summed E-state index contributed by atoms with van der Waals surface area (Å²) in [6.45, 7) is 9.18. The van der Waals surface area contributed by atoms with Crippen LogP contribution < -0.4 is 5.32 Å². The average Bonchev–Trinajstić information content (AvgIpc) is 3.10. The predicted molar refractivity (Wildman–Crippen MR) is 144 cm³/mol. The number of fused-ring (bicyclic) bond motifs is 1. The van der Waals surface area contributed by atoms with Crippen molar-refractivity contribution < 1.29 is 14.6 Å². The molecule has 2 fully saturated rings. The van der Waals surface area contributed by atoms with Crippen LogP contribution in [-0.4, -0.2) is 57.8 Å². The summed E-state index contributed by atoms with van der Waals surface area (Å²) in [5, 5.41) is 14.2. The number of amides is 1. The van der Waals surface area contributed by atoms with Crippen molar-refractivity contribution in [1.29, 1.82) is 0 Å². The highest BCUT2D eigenvalue weighted by Gasteiger charge is 2.62. The molecule has 202 valence electrons. The van der Waals surface area contributed by atoms with Crippen molar-refractivity contribution in [3.63, 3.8) is 0 Å². The molecule has 7 heteroatoms. The number of hydrogen-bond donors (Lipinski definition) is 2. The average molecular weight is 509 g/mol. The number of rotatable bonds is 11. The molecule has 7 nitrogen and oxygen atoms in total. The number of aliphatic hydroxyl groups is 1. The van der Waals surface area contributed by atoms with Gasteiger partial charge in [-0.3, -0.25) is 19.7 Å². The lowest BCUT2D eigenvalue weighted by Gasteiger charge is -2.52. The van der Waals surface area contributed by atoms with Crippen LogP contribution >= 0.6 is 0 Å². The van der Waals surface area contributed by atoms with E-state index in [0.29, 0.717) is 25.5 Å². The molecule has 37 heavy (non-hydrogen) atoms. The van der Waals surface area contributed by atoms with E-state index < -0.39 is 5.60 Å². The highest BCUT2D eigenvalue weighted by atomic mass is 16.5. The standard InChI is InChI=1S/C30H44N4O3/c1-28(2)20-26(34(21-23-9-5-7-15-31-23)22-24-10-6-8-16-32-24)30(12-11-27(35)33-17-18-37-4)14-13-29(3,36)19-25(28)30/h5-10,15-16,25-26,36H,11-14,17-22H2,1-4H3,(H,33,35)/t25-,26-,29+,30+/m0/s1. The second-order valence-electron chi connectivity index (χ2n) is 12.1.